The fourth-order valence-corrected chi connectivity index (χ4v) is 4.62. The number of benzene rings is 3. The molecule has 0 fully saturated rings. The molecule has 0 aliphatic heterocycles. The lowest BCUT2D eigenvalue weighted by Gasteiger charge is -2.16. The first-order valence-electron chi connectivity index (χ1n) is 11.8. The van der Waals surface area contributed by atoms with Crippen LogP contribution in [0.15, 0.2) is 66.7 Å². The second-order valence-corrected chi connectivity index (χ2v) is 8.41. The fourth-order valence-electron chi connectivity index (χ4n) is 4.62. The summed E-state index contributed by atoms with van der Waals surface area (Å²) in [4.78, 5) is 12.1. The van der Waals surface area contributed by atoms with Gasteiger partial charge >= 0.3 is 5.97 Å². The number of hydrogen-bond donors (Lipinski definition) is 0. The van der Waals surface area contributed by atoms with E-state index < -0.39 is 6.10 Å². The lowest BCUT2D eigenvalue weighted by atomic mass is 9.93. The summed E-state index contributed by atoms with van der Waals surface area (Å²) in [7, 11) is 0. The average molecular weight is 445 g/mol. The summed E-state index contributed by atoms with van der Waals surface area (Å²) in [5.74, 6) is 0.873. The number of esters is 1. The lowest BCUT2D eigenvalue weighted by molar-refractivity contribution is -0.156. The van der Waals surface area contributed by atoms with E-state index in [0.29, 0.717) is 32.2 Å². The van der Waals surface area contributed by atoms with Gasteiger partial charge in [-0.2, -0.15) is 0 Å². The molecular weight excluding hydrogens is 412 g/mol. The molecule has 0 N–H and O–H groups in total. The van der Waals surface area contributed by atoms with Crippen LogP contribution in [0.5, 0.6) is 5.75 Å². The summed E-state index contributed by atoms with van der Waals surface area (Å²) >= 11 is 0. The topological polar surface area (TPSA) is 44.8 Å². The third-order valence-corrected chi connectivity index (χ3v) is 6.15. The van der Waals surface area contributed by atoms with E-state index in [1.165, 1.54) is 27.8 Å². The zero-order chi connectivity index (χ0) is 23.2. The standard InChI is InChI=1S/C29H32O4/c1-4-31-28(29(30)32-5-2)19-21-11-13-22(14-12-21)33-17-16-26-24-9-7-6-8-23(24)25-15-10-20(3)18-27(25)26/h6-15,18,26,28H,4-5,16-17,19H2,1-3H3. The summed E-state index contributed by atoms with van der Waals surface area (Å²) in [5.41, 5.74) is 7.77. The fraction of sp³-hybridized carbons (Fsp3) is 0.345. The van der Waals surface area contributed by atoms with Gasteiger partial charge in [0.2, 0.25) is 0 Å². The lowest BCUT2D eigenvalue weighted by Crippen LogP contribution is -2.28. The SMILES string of the molecule is CCOC(=O)C(Cc1ccc(OCCC2c3ccccc3-c3ccc(C)cc32)cc1)OCC. The third-order valence-electron chi connectivity index (χ3n) is 6.15. The van der Waals surface area contributed by atoms with E-state index in [1.807, 2.05) is 31.2 Å². The summed E-state index contributed by atoms with van der Waals surface area (Å²) in [6, 6.07) is 23.3. The van der Waals surface area contributed by atoms with E-state index in [-0.39, 0.29) is 5.97 Å². The van der Waals surface area contributed by atoms with Gasteiger partial charge in [0.15, 0.2) is 6.10 Å². The highest BCUT2D eigenvalue weighted by Crippen LogP contribution is 2.46. The van der Waals surface area contributed by atoms with Gasteiger partial charge in [0.1, 0.15) is 5.75 Å². The second-order valence-electron chi connectivity index (χ2n) is 8.41. The van der Waals surface area contributed by atoms with E-state index in [9.17, 15) is 4.79 Å². The Kier molecular flexibility index (Phi) is 7.46. The summed E-state index contributed by atoms with van der Waals surface area (Å²) in [6.45, 7) is 7.29. The van der Waals surface area contributed by atoms with E-state index >= 15 is 0 Å². The molecule has 0 heterocycles. The molecule has 0 spiro atoms. The summed E-state index contributed by atoms with van der Waals surface area (Å²) in [6.07, 6.45) is 0.833. The molecule has 4 nitrogen and oxygen atoms in total. The first-order chi connectivity index (χ1) is 16.1. The Balaban J connectivity index is 1.38. The Morgan fingerprint density at radius 2 is 1.67 bits per heavy atom. The van der Waals surface area contributed by atoms with Crippen LogP contribution in [0.25, 0.3) is 11.1 Å². The Labute approximate surface area is 196 Å². The molecule has 1 aliphatic rings. The van der Waals surface area contributed by atoms with Gasteiger partial charge < -0.3 is 14.2 Å². The van der Waals surface area contributed by atoms with Crippen molar-refractivity contribution in [3.05, 3.63) is 89.0 Å². The molecule has 0 aromatic heterocycles. The number of aryl methyl sites for hydroxylation is 1. The van der Waals surface area contributed by atoms with E-state index in [4.69, 9.17) is 14.2 Å². The van der Waals surface area contributed by atoms with Crippen LogP contribution in [0.4, 0.5) is 0 Å². The molecule has 172 valence electrons. The van der Waals surface area contributed by atoms with Crippen LogP contribution in [0, 0.1) is 6.92 Å². The van der Waals surface area contributed by atoms with Crippen molar-refractivity contribution in [1.82, 2.24) is 0 Å². The molecule has 3 aromatic rings. The number of carbonyl (C=O) groups is 1. The minimum absolute atomic E-state index is 0.313. The Hall–Kier alpha value is -3.11. The van der Waals surface area contributed by atoms with Crippen LogP contribution in [0.1, 0.15) is 48.4 Å². The molecule has 0 amide bonds. The highest BCUT2D eigenvalue weighted by atomic mass is 16.6. The van der Waals surface area contributed by atoms with E-state index in [1.54, 1.807) is 6.92 Å². The van der Waals surface area contributed by atoms with Crippen LogP contribution in [0.2, 0.25) is 0 Å². The van der Waals surface area contributed by atoms with Crippen molar-refractivity contribution in [2.75, 3.05) is 19.8 Å². The largest absolute Gasteiger partial charge is 0.494 e. The number of ether oxygens (including phenoxy) is 3. The molecule has 33 heavy (non-hydrogen) atoms. The Morgan fingerprint density at radius 3 is 2.42 bits per heavy atom. The highest BCUT2D eigenvalue weighted by Gasteiger charge is 2.28. The molecular formula is C29H32O4. The molecule has 2 atom stereocenters. The van der Waals surface area contributed by atoms with Gasteiger partial charge in [0, 0.05) is 18.9 Å². The summed E-state index contributed by atoms with van der Waals surface area (Å²) in [5, 5.41) is 0. The van der Waals surface area contributed by atoms with Crippen molar-refractivity contribution in [1.29, 1.82) is 0 Å². The van der Waals surface area contributed by atoms with E-state index in [0.717, 1.165) is 17.7 Å². The van der Waals surface area contributed by atoms with Gasteiger partial charge in [-0.15, -0.1) is 0 Å². The molecule has 0 bridgehead atoms. The maximum absolute atomic E-state index is 12.1. The maximum atomic E-state index is 12.1. The molecule has 0 radical (unpaired) electrons. The van der Waals surface area contributed by atoms with Crippen molar-refractivity contribution >= 4 is 5.97 Å². The van der Waals surface area contributed by atoms with Crippen molar-refractivity contribution in [2.45, 2.75) is 45.6 Å². The quantitative estimate of drug-likeness (QED) is 0.355. The van der Waals surface area contributed by atoms with Gasteiger partial charge in [-0.25, -0.2) is 4.79 Å². The third kappa shape index (κ3) is 5.28. The second kappa shape index (κ2) is 10.7. The number of carbonyl (C=O) groups excluding carboxylic acids is 1. The minimum Gasteiger partial charge on any atom is -0.494 e. The van der Waals surface area contributed by atoms with Crippen molar-refractivity contribution in [3.8, 4) is 16.9 Å². The van der Waals surface area contributed by atoms with Crippen LogP contribution in [0.3, 0.4) is 0 Å². The molecule has 3 aromatic carbocycles. The Morgan fingerprint density at radius 1 is 0.909 bits per heavy atom. The van der Waals surface area contributed by atoms with Gasteiger partial charge in [-0.1, -0.05) is 60.2 Å². The molecule has 0 saturated heterocycles. The maximum Gasteiger partial charge on any atom is 0.335 e. The number of fused-ring (bicyclic) bond motifs is 3. The molecule has 0 saturated carbocycles. The predicted octanol–water partition coefficient (Wildman–Crippen LogP) is 6.09. The highest BCUT2D eigenvalue weighted by molar-refractivity contribution is 5.79. The Bertz CT molecular complexity index is 1090. The van der Waals surface area contributed by atoms with Gasteiger partial charge in [0.05, 0.1) is 13.2 Å². The number of rotatable bonds is 10. The van der Waals surface area contributed by atoms with Crippen LogP contribution >= 0.6 is 0 Å². The smallest absolute Gasteiger partial charge is 0.335 e. The van der Waals surface area contributed by atoms with Crippen LogP contribution in [-0.4, -0.2) is 31.9 Å². The molecule has 1 aliphatic carbocycles. The average Bonchev–Trinajstić information content (AvgIpc) is 3.13. The van der Waals surface area contributed by atoms with Gasteiger partial charge in [-0.3, -0.25) is 0 Å². The zero-order valence-electron chi connectivity index (χ0n) is 19.7. The van der Waals surface area contributed by atoms with E-state index in [2.05, 4.69) is 49.4 Å². The van der Waals surface area contributed by atoms with Crippen LogP contribution in [-0.2, 0) is 20.7 Å². The minimum atomic E-state index is -0.576. The molecule has 2 unspecified atom stereocenters. The normalized spacial score (nSPS) is 14.9. The van der Waals surface area contributed by atoms with Gasteiger partial charge in [-0.05, 0) is 67.1 Å². The first kappa shape index (κ1) is 23.1. The van der Waals surface area contributed by atoms with Crippen molar-refractivity contribution in [2.24, 2.45) is 0 Å². The van der Waals surface area contributed by atoms with Crippen molar-refractivity contribution < 1.29 is 19.0 Å². The summed E-state index contributed by atoms with van der Waals surface area (Å²) < 4.78 is 16.8. The van der Waals surface area contributed by atoms with Crippen molar-refractivity contribution in [3.63, 3.8) is 0 Å². The monoisotopic (exact) mass is 444 g/mol. The molecule has 4 heteroatoms. The molecule has 4 rings (SSSR count). The van der Waals surface area contributed by atoms with Crippen LogP contribution < -0.4 is 4.74 Å². The first-order valence-corrected chi connectivity index (χ1v) is 11.8. The van der Waals surface area contributed by atoms with Gasteiger partial charge in [0.25, 0.3) is 0 Å². The zero-order valence-corrected chi connectivity index (χ0v) is 19.7. The predicted molar refractivity (Wildman–Crippen MR) is 131 cm³/mol. The number of hydrogen-bond acceptors (Lipinski definition) is 4.